The number of anilines is 1. The van der Waals surface area contributed by atoms with Gasteiger partial charge in [-0.1, -0.05) is 12.8 Å². The summed E-state index contributed by atoms with van der Waals surface area (Å²) in [4.78, 5) is 3.95. The van der Waals surface area contributed by atoms with Crippen LogP contribution in [-0.2, 0) is 6.18 Å². The first-order valence-electron chi connectivity index (χ1n) is 5.46. The monoisotopic (exact) mass is 262 g/mol. The number of hydrogen-bond donors (Lipinski definition) is 1. The first-order valence-corrected chi connectivity index (χ1v) is 6.34. The predicted molar refractivity (Wildman–Crippen MR) is 61.8 cm³/mol. The van der Waals surface area contributed by atoms with Crippen molar-refractivity contribution in [2.24, 2.45) is 0 Å². The van der Waals surface area contributed by atoms with Crippen LogP contribution in [0.4, 0.5) is 19.0 Å². The molecule has 1 aromatic rings. The summed E-state index contributed by atoms with van der Waals surface area (Å²) in [5, 5.41) is 0.759. The maximum atomic E-state index is 12.6. The highest BCUT2D eigenvalue weighted by Gasteiger charge is 2.31. The van der Waals surface area contributed by atoms with Gasteiger partial charge in [-0.3, -0.25) is 0 Å². The molecule has 1 aromatic heterocycles. The molecular weight excluding hydrogens is 249 g/mol. The number of hydrogen-bond acceptors (Lipinski definition) is 3. The van der Waals surface area contributed by atoms with Crippen molar-refractivity contribution in [3.63, 3.8) is 0 Å². The van der Waals surface area contributed by atoms with Crippen LogP contribution in [-0.4, -0.2) is 10.2 Å². The average Bonchev–Trinajstić information content (AvgIpc) is 2.68. The minimum Gasteiger partial charge on any atom is -0.384 e. The van der Waals surface area contributed by atoms with Crippen LogP contribution in [0, 0.1) is 0 Å². The lowest BCUT2D eigenvalue weighted by molar-refractivity contribution is -0.137. The summed E-state index contributed by atoms with van der Waals surface area (Å²) in [6.45, 7) is 0. The number of halogens is 3. The molecular formula is C11H13F3N2S. The highest BCUT2D eigenvalue weighted by molar-refractivity contribution is 7.99. The van der Waals surface area contributed by atoms with Crippen molar-refractivity contribution in [2.45, 2.75) is 42.1 Å². The number of aromatic nitrogens is 1. The molecule has 1 fully saturated rings. The number of thioether (sulfide) groups is 1. The molecule has 0 aromatic carbocycles. The van der Waals surface area contributed by atoms with Gasteiger partial charge in [0.15, 0.2) is 0 Å². The zero-order valence-electron chi connectivity index (χ0n) is 9.13. The molecule has 0 aliphatic heterocycles. The molecule has 0 radical (unpaired) electrons. The van der Waals surface area contributed by atoms with Crippen molar-refractivity contribution >= 4 is 17.6 Å². The van der Waals surface area contributed by atoms with Crippen LogP contribution < -0.4 is 5.73 Å². The zero-order valence-corrected chi connectivity index (χ0v) is 9.94. The quantitative estimate of drug-likeness (QED) is 0.882. The molecule has 1 aliphatic rings. The Morgan fingerprint density at radius 3 is 2.47 bits per heavy atom. The molecule has 2 N–H and O–H groups in total. The van der Waals surface area contributed by atoms with E-state index >= 15 is 0 Å². The summed E-state index contributed by atoms with van der Waals surface area (Å²) in [6, 6.07) is 1.96. The number of alkyl halides is 3. The lowest BCUT2D eigenvalue weighted by atomic mass is 10.2. The largest absolute Gasteiger partial charge is 0.416 e. The van der Waals surface area contributed by atoms with E-state index in [1.165, 1.54) is 11.8 Å². The fraction of sp³-hybridized carbons (Fsp3) is 0.545. The van der Waals surface area contributed by atoms with Gasteiger partial charge in [0, 0.05) is 5.25 Å². The molecule has 0 amide bonds. The Bertz CT molecular complexity index is 400. The molecule has 2 rings (SSSR count). The molecule has 0 spiro atoms. The maximum absolute atomic E-state index is 12.6. The van der Waals surface area contributed by atoms with Gasteiger partial charge in [0.2, 0.25) is 0 Å². The Morgan fingerprint density at radius 2 is 1.88 bits per heavy atom. The standard InChI is InChI=1S/C11H13F3N2S/c12-11(13,14)7-5-9(15)16-10(6-7)17-8-3-1-2-4-8/h5-6,8H,1-4H2,(H2,15,16). The summed E-state index contributed by atoms with van der Waals surface area (Å²) in [5.74, 6) is -0.0691. The van der Waals surface area contributed by atoms with Gasteiger partial charge in [0.1, 0.15) is 5.82 Å². The number of nitrogens with two attached hydrogens (primary N) is 1. The Hall–Kier alpha value is -0.910. The Morgan fingerprint density at radius 1 is 1.24 bits per heavy atom. The lowest BCUT2D eigenvalue weighted by Crippen LogP contribution is -2.08. The molecule has 2 nitrogen and oxygen atoms in total. The van der Waals surface area contributed by atoms with E-state index in [9.17, 15) is 13.2 Å². The van der Waals surface area contributed by atoms with E-state index < -0.39 is 11.7 Å². The summed E-state index contributed by atoms with van der Waals surface area (Å²) < 4.78 is 37.7. The number of pyridine rings is 1. The highest BCUT2D eigenvalue weighted by Crippen LogP contribution is 2.37. The van der Waals surface area contributed by atoms with E-state index in [1.54, 1.807) is 0 Å². The van der Waals surface area contributed by atoms with Crippen molar-refractivity contribution in [1.82, 2.24) is 4.98 Å². The third-order valence-corrected chi connectivity index (χ3v) is 3.99. The van der Waals surface area contributed by atoms with Gasteiger partial charge in [0.05, 0.1) is 10.6 Å². The molecule has 0 unspecified atom stereocenters. The predicted octanol–water partition coefficient (Wildman–Crippen LogP) is 3.72. The number of rotatable bonds is 2. The summed E-state index contributed by atoms with van der Waals surface area (Å²) in [7, 11) is 0. The minimum atomic E-state index is -4.36. The van der Waals surface area contributed by atoms with Crippen molar-refractivity contribution in [1.29, 1.82) is 0 Å². The van der Waals surface area contributed by atoms with E-state index in [1.807, 2.05) is 0 Å². The molecule has 1 saturated carbocycles. The molecule has 94 valence electrons. The van der Waals surface area contributed by atoms with Crippen LogP contribution in [0.5, 0.6) is 0 Å². The summed E-state index contributed by atoms with van der Waals surface area (Å²) >= 11 is 1.40. The van der Waals surface area contributed by atoms with Crippen LogP contribution in [0.3, 0.4) is 0 Å². The number of nitrogen functional groups attached to an aromatic ring is 1. The number of nitrogens with zero attached hydrogens (tertiary/aromatic N) is 1. The first kappa shape index (κ1) is 12.5. The summed E-state index contributed by atoms with van der Waals surface area (Å²) in [5.41, 5.74) is 4.69. The zero-order chi connectivity index (χ0) is 12.5. The van der Waals surface area contributed by atoms with E-state index in [2.05, 4.69) is 4.98 Å². The molecule has 0 bridgehead atoms. The van der Waals surface area contributed by atoms with Gasteiger partial charge in [-0.25, -0.2) is 4.98 Å². The van der Waals surface area contributed by atoms with Crippen LogP contribution in [0.2, 0.25) is 0 Å². The van der Waals surface area contributed by atoms with Gasteiger partial charge < -0.3 is 5.73 Å². The Kier molecular flexibility index (Phi) is 3.51. The second-order valence-electron chi connectivity index (χ2n) is 4.14. The molecule has 0 atom stereocenters. The third-order valence-electron chi connectivity index (χ3n) is 2.74. The molecule has 6 heteroatoms. The van der Waals surface area contributed by atoms with Crippen molar-refractivity contribution in [3.8, 4) is 0 Å². The molecule has 1 heterocycles. The van der Waals surface area contributed by atoms with Crippen molar-refractivity contribution in [2.75, 3.05) is 5.73 Å². The normalized spacial score (nSPS) is 17.6. The highest BCUT2D eigenvalue weighted by atomic mass is 32.2. The fourth-order valence-corrected chi connectivity index (χ4v) is 3.19. The Labute approximate surface area is 102 Å². The maximum Gasteiger partial charge on any atom is 0.416 e. The van der Waals surface area contributed by atoms with Crippen molar-refractivity contribution < 1.29 is 13.2 Å². The van der Waals surface area contributed by atoms with Gasteiger partial charge in [0.25, 0.3) is 0 Å². The van der Waals surface area contributed by atoms with Crippen molar-refractivity contribution in [3.05, 3.63) is 17.7 Å². The van der Waals surface area contributed by atoms with E-state index in [0.29, 0.717) is 10.3 Å². The minimum absolute atomic E-state index is 0.0691. The SMILES string of the molecule is Nc1cc(C(F)(F)F)cc(SC2CCCC2)n1. The molecule has 0 saturated heterocycles. The van der Waals surface area contributed by atoms with E-state index in [-0.39, 0.29) is 5.82 Å². The third kappa shape index (κ3) is 3.28. The van der Waals surface area contributed by atoms with Crippen LogP contribution >= 0.6 is 11.8 Å². The van der Waals surface area contributed by atoms with E-state index in [0.717, 1.165) is 37.8 Å². The lowest BCUT2D eigenvalue weighted by Gasteiger charge is -2.12. The molecule has 17 heavy (non-hydrogen) atoms. The second kappa shape index (κ2) is 4.76. The van der Waals surface area contributed by atoms with Gasteiger partial charge >= 0.3 is 6.18 Å². The fourth-order valence-electron chi connectivity index (χ4n) is 1.93. The van der Waals surface area contributed by atoms with Crippen LogP contribution in [0.15, 0.2) is 17.2 Å². The van der Waals surface area contributed by atoms with Gasteiger partial charge in [-0.05, 0) is 25.0 Å². The topological polar surface area (TPSA) is 38.9 Å². The molecule has 1 aliphatic carbocycles. The van der Waals surface area contributed by atoms with Gasteiger partial charge in [-0.2, -0.15) is 13.2 Å². The summed E-state index contributed by atoms with van der Waals surface area (Å²) in [6.07, 6.45) is 0.0191. The second-order valence-corrected chi connectivity index (χ2v) is 5.46. The van der Waals surface area contributed by atoms with Crippen LogP contribution in [0.1, 0.15) is 31.2 Å². The smallest absolute Gasteiger partial charge is 0.384 e. The van der Waals surface area contributed by atoms with Crippen LogP contribution in [0.25, 0.3) is 0 Å². The van der Waals surface area contributed by atoms with E-state index in [4.69, 9.17) is 5.73 Å². The van der Waals surface area contributed by atoms with Gasteiger partial charge in [-0.15, -0.1) is 11.8 Å². The average molecular weight is 262 g/mol. The first-order chi connectivity index (χ1) is 7.95. The Balaban J connectivity index is 2.19.